The third kappa shape index (κ3) is 3.86. The Labute approximate surface area is 191 Å². The van der Waals surface area contributed by atoms with E-state index in [1.165, 1.54) is 4.88 Å². The standard InChI is InChI=1S/C27H23N3OS/c1-2-16-30-18-19(21-12-6-8-14-23(21)30)17-28-27-25(22-13-7-9-15-24(22)32-27)26(31)29-20-10-4-3-5-11-20/h1,3-6,8,10-12,14,17-18H,7,9,13,15-16H2,(H,29,31). The number of carbonyl (C=O) groups is 1. The summed E-state index contributed by atoms with van der Waals surface area (Å²) in [6.07, 6.45) is 13.7. The lowest BCUT2D eigenvalue weighted by atomic mass is 9.95. The molecule has 5 heteroatoms. The largest absolute Gasteiger partial charge is 0.335 e. The van der Waals surface area contributed by atoms with E-state index in [0.29, 0.717) is 6.54 Å². The summed E-state index contributed by atoms with van der Waals surface area (Å²) in [5.41, 5.74) is 4.75. The van der Waals surface area contributed by atoms with Gasteiger partial charge >= 0.3 is 0 Å². The number of terminal acetylenes is 1. The summed E-state index contributed by atoms with van der Waals surface area (Å²) in [6, 6.07) is 17.7. The van der Waals surface area contributed by atoms with Gasteiger partial charge in [-0.2, -0.15) is 0 Å². The van der Waals surface area contributed by atoms with Crippen LogP contribution in [0.2, 0.25) is 0 Å². The van der Waals surface area contributed by atoms with Crippen LogP contribution in [0, 0.1) is 12.3 Å². The van der Waals surface area contributed by atoms with Gasteiger partial charge in [-0.1, -0.05) is 42.3 Å². The number of aromatic nitrogens is 1. The molecule has 158 valence electrons. The van der Waals surface area contributed by atoms with E-state index in [0.717, 1.165) is 64.0 Å². The van der Waals surface area contributed by atoms with E-state index in [9.17, 15) is 4.79 Å². The average molecular weight is 438 g/mol. The second kappa shape index (κ2) is 8.86. The molecule has 1 aliphatic carbocycles. The van der Waals surface area contributed by atoms with Crippen LogP contribution < -0.4 is 5.32 Å². The van der Waals surface area contributed by atoms with Crippen molar-refractivity contribution in [3.63, 3.8) is 0 Å². The van der Waals surface area contributed by atoms with E-state index in [2.05, 4.69) is 27.9 Å². The van der Waals surface area contributed by atoms with E-state index in [1.54, 1.807) is 11.3 Å². The number of fused-ring (bicyclic) bond motifs is 2. The number of amides is 1. The molecule has 32 heavy (non-hydrogen) atoms. The fraction of sp³-hybridized carbons (Fsp3) is 0.185. The van der Waals surface area contributed by atoms with E-state index in [1.807, 2.05) is 54.9 Å². The molecule has 0 radical (unpaired) electrons. The predicted molar refractivity (Wildman–Crippen MR) is 133 cm³/mol. The molecule has 0 unspecified atom stereocenters. The summed E-state index contributed by atoms with van der Waals surface area (Å²) in [4.78, 5) is 19.4. The summed E-state index contributed by atoms with van der Waals surface area (Å²) in [6.45, 7) is 0.506. The summed E-state index contributed by atoms with van der Waals surface area (Å²) < 4.78 is 2.05. The van der Waals surface area contributed by atoms with Gasteiger partial charge in [0.15, 0.2) is 0 Å². The van der Waals surface area contributed by atoms with E-state index in [-0.39, 0.29) is 5.91 Å². The lowest BCUT2D eigenvalue weighted by Gasteiger charge is -2.12. The van der Waals surface area contributed by atoms with Gasteiger partial charge in [0.1, 0.15) is 5.00 Å². The Balaban J connectivity index is 1.54. The fourth-order valence-electron chi connectivity index (χ4n) is 4.33. The molecule has 0 bridgehead atoms. The highest BCUT2D eigenvalue weighted by molar-refractivity contribution is 7.16. The first-order valence-corrected chi connectivity index (χ1v) is 11.6. The van der Waals surface area contributed by atoms with E-state index >= 15 is 0 Å². The van der Waals surface area contributed by atoms with Crippen LogP contribution in [0.15, 0.2) is 65.8 Å². The number of hydrogen-bond donors (Lipinski definition) is 1. The Morgan fingerprint density at radius 1 is 1.12 bits per heavy atom. The summed E-state index contributed by atoms with van der Waals surface area (Å²) in [5.74, 6) is 2.63. The molecule has 1 N–H and O–H groups in total. The van der Waals surface area contributed by atoms with Gasteiger partial charge in [-0.05, 0) is 49.4 Å². The predicted octanol–water partition coefficient (Wildman–Crippen LogP) is 6.22. The molecule has 2 aromatic heterocycles. The molecule has 0 saturated carbocycles. The number of aryl methyl sites for hydroxylation is 1. The van der Waals surface area contributed by atoms with Crippen LogP contribution >= 0.6 is 11.3 Å². The van der Waals surface area contributed by atoms with Gasteiger partial charge in [0.25, 0.3) is 5.91 Å². The molecular formula is C27H23N3OS. The number of benzene rings is 2. The molecule has 0 saturated heterocycles. The maximum atomic E-state index is 13.3. The minimum absolute atomic E-state index is 0.0856. The Morgan fingerprint density at radius 3 is 2.75 bits per heavy atom. The van der Waals surface area contributed by atoms with Crippen LogP contribution in [-0.4, -0.2) is 16.7 Å². The Hall–Kier alpha value is -3.62. The zero-order valence-electron chi connectivity index (χ0n) is 17.7. The highest BCUT2D eigenvalue weighted by Gasteiger charge is 2.25. The molecule has 0 aliphatic heterocycles. The molecule has 0 atom stereocenters. The van der Waals surface area contributed by atoms with Crippen LogP contribution in [0.5, 0.6) is 0 Å². The summed E-state index contributed by atoms with van der Waals surface area (Å²) in [5, 5.41) is 4.93. The van der Waals surface area contributed by atoms with Crippen LogP contribution in [0.1, 0.15) is 39.2 Å². The molecule has 0 fully saturated rings. The van der Waals surface area contributed by atoms with Crippen LogP contribution in [0.3, 0.4) is 0 Å². The van der Waals surface area contributed by atoms with Crippen molar-refractivity contribution in [1.82, 2.24) is 4.57 Å². The number of anilines is 1. The maximum absolute atomic E-state index is 13.3. The lowest BCUT2D eigenvalue weighted by molar-refractivity contribution is 0.102. The topological polar surface area (TPSA) is 46.4 Å². The molecule has 2 aromatic carbocycles. The van der Waals surface area contributed by atoms with Crippen molar-refractivity contribution < 1.29 is 4.79 Å². The zero-order valence-corrected chi connectivity index (χ0v) is 18.5. The van der Waals surface area contributed by atoms with Crippen LogP contribution in [0.25, 0.3) is 10.9 Å². The number of hydrogen-bond acceptors (Lipinski definition) is 3. The van der Waals surface area contributed by atoms with Gasteiger partial charge < -0.3 is 9.88 Å². The Kier molecular flexibility index (Phi) is 5.62. The minimum atomic E-state index is -0.0856. The third-order valence-corrected chi connectivity index (χ3v) is 7.01. The molecule has 5 rings (SSSR count). The summed E-state index contributed by atoms with van der Waals surface area (Å²) in [7, 11) is 0. The monoisotopic (exact) mass is 437 g/mol. The third-order valence-electron chi connectivity index (χ3n) is 5.81. The van der Waals surface area contributed by atoms with Crippen LogP contribution in [-0.2, 0) is 19.4 Å². The highest BCUT2D eigenvalue weighted by Crippen LogP contribution is 2.40. The van der Waals surface area contributed by atoms with Crippen LogP contribution in [0.4, 0.5) is 10.7 Å². The first-order valence-electron chi connectivity index (χ1n) is 10.8. The SMILES string of the molecule is C#CCn1cc(C=Nc2sc3c(c2C(=O)Nc2ccccc2)CCCC3)c2ccccc21. The number of carbonyl (C=O) groups excluding carboxylic acids is 1. The Bertz CT molecular complexity index is 1360. The molecule has 4 nitrogen and oxygen atoms in total. The summed E-state index contributed by atoms with van der Waals surface area (Å²) >= 11 is 1.64. The smallest absolute Gasteiger partial charge is 0.259 e. The van der Waals surface area contributed by atoms with Crippen molar-refractivity contribution in [2.24, 2.45) is 4.99 Å². The number of para-hydroxylation sites is 2. The fourth-order valence-corrected chi connectivity index (χ4v) is 5.56. The van der Waals surface area contributed by atoms with Gasteiger partial charge in [0.2, 0.25) is 0 Å². The average Bonchev–Trinajstić information content (AvgIpc) is 3.37. The van der Waals surface area contributed by atoms with Gasteiger partial charge in [0, 0.05) is 39.4 Å². The number of nitrogens with zero attached hydrogens (tertiary/aromatic N) is 2. The number of aliphatic imine (C=N–C) groups is 1. The van der Waals surface area contributed by atoms with Gasteiger partial charge in [0.05, 0.1) is 12.1 Å². The van der Waals surface area contributed by atoms with Crippen molar-refractivity contribution in [1.29, 1.82) is 0 Å². The van der Waals surface area contributed by atoms with Crippen molar-refractivity contribution in [3.8, 4) is 12.3 Å². The quantitative estimate of drug-likeness (QED) is 0.292. The van der Waals surface area contributed by atoms with Crippen molar-refractivity contribution in [3.05, 3.63) is 82.4 Å². The van der Waals surface area contributed by atoms with Crippen molar-refractivity contribution >= 4 is 45.0 Å². The second-order valence-corrected chi connectivity index (χ2v) is 8.99. The van der Waals surface area contributed by atoms with Gasteiger partial charge in [-0.15, -0.1) is 17.8 Å². The molecular weight excluding hydrogens is 414 g/mol. The zero-order chi connectivity index (χ0) is 21.9. The van der Waals surface area contributed by atoms with E-state index < -0.39 is 0 Å². The first-order chi connectivity index (χ1) is 15.7. The second-order valence-electron chi connectivity index (χ2n) is 7.90. The molecule has 1 aliphatic rings. The van der Waals surface area contributed by atoms with Gasteiger partial charge in [-0.3, -0.25) is 4.79 Å². The molecule has 2 heterocycles. The van der Waals surface area contributed by atoms with Crippen molar-refractivity contribution in [2.75, 3.05) is 5.32 Å². The lowest BCUT2D eigenvalue weighted by Crippen LogP contribution is -2.14. The number of nitrogens with one attached hydrogen (secondary N) is 1. The maximum Gasteiger partial charge on any atom is 0.259 e. The molecule has 0 spiro atoms. The number of thiophene rings is 1. The minimum Gasteiger partial charge on any atom is -0.335 e. The Morgan fingerprint density at radius 2 is 1.91 bits per heavy atom. The van der Waals surface area contributed by atoms with E-state index in [4.69, 9.17) is 11.4 Å². The first kappa shape index (κ1) is 20.3. The number of rotatable bonds is 5. The molecule has 4 aromatic rings. The molecule has 1 amide bonds. The van der Waals surface area contributed by atoms with Crippen molar-refractivity contribution in [2.45, 2.75) is 32.2 Å². The normalized spacial score (nSPS) is 13.2. The highest BCUT2D eigenvalue weighted by atomic mass is 32.1. The van der Waals surface area contributed by atoms with Gasteiger partial charge in [-0.25, -0.2) is 4.99 Å².